The normalized spacial score (nSPS) is 11.1. The second-order valence-corrected chi connectivity index (χ2v) is 5.88. The highest BCUT2D eigenvalue weighted by atomic mass is 35.5. The summed E-state index contributed by atoms with van der Waals surface area (Å²) in [6.45, 7) is 2.41. The zero-order chi connectivity index (χ0) is 14.6. The van der Waals surface area contributed by atoms with Crippen LogP contribution in [0.5, 0.6) is 0 Å². The molecule has 0 saturated heterocycles. The van der Waals surface area contributed by atoms with Gasteiger partial charge in [0.05, 0.1) is 5.02 Å². The molecule has 8 heteroatoms. The van der Waals surface area contributed by atoms with E-state index in [1.165, 1.54) is 18.5 Å². The van der Waals surface area contributed by atoms with Gasteiger partial charge >= 0.3 is 0 Å². The number of sulfonamides is 1. The van der Waals surface area contributed by atoms with Crippen molar-refractivity contribution in [1.29, 1.82) is 0 Å². The van der Waals surface area contributed by atoms with Gasteiger partial charge in [0.1, 0.15) is 10.7 Å². The summed E-state index contributed by atoms with van der Waals surface area (Å²) in [6, 6.07) is 6.19. The molecule has 0 aromatic carbocycles. The number of pyridine rings is 2. The molecule has 0 saturated carbocycles. The summed E-state index contributed by atoms with van der Waals surface area (Å²) in [5.41, 5.74) is 0. The van der Waals surface area contributed by atoms with Crippen LogP contribution in [0.3, 0.4) is 0 Å². The quantitative estimate of drug-likeness (QED) is 0.885. The number of hydrogen-bond acceptors (Lipinski definition) is 5. The third-order valence-electron chi connectivity index (χ3n) is 2.39. The second kappa shape index (κ2) is 6.06. The van der Waals surface area contributed by atoms with Crippen molar-refractivity contribution in [1.82, 2.24) is 9.97 Å². The number of rotatable bonds is 5. The molecular weight excluding hydrogens is 300 g/mol. The van der Waals surface area contributed by atoms with Gasteiger partial charge in [-0.15, -0.1) is 0 Å². The van der Waals surface area contributed by atoms with Crippen LogP contribution in [-0.4, -0.2) is 24.9 Å². The summed E-state index contributed by atoms with van der Waals surface area (Å²) < 4.78 is 27.1. The predicted octanol–water partition coefficient (Wildman–Crippen LogP) is 2.36. The lowest BCUT2D eigenvalue weighted by Crippen LogP contribution is -2.17. The van der Waals surface area contributed by atoms with Crippen LogP contribution in [0.4, 0.5) is 11.6 Å². The molecule has 0 unspecified atom stereocenters. The van der Waals surface area contributed by atoms with Crippen LogP contribution in [0.15, 0.2) is 41.6 Å². The maximum Gasteiger partial charge on any atom is 0.266 e. The zero-order valence-corrected chi connectivity index (χ0v) is 12.2. The largest absolute Gasteiger partial charge is 0.369 e. The van der Waals surface area contributed by atoms with Gasteiger partial charge in [-0.05, 0) is 31.2 Å². The topological polar surface area (TPSA) is 84.0 Å². The van der Waals surface area contributed by atoms with Gasteiger partial charge in [0.2, 0.25) is 0 Å². The summed E-state index contributed by atoms with van der Waals surface area (Å²) in [7, 11) is -3.81. The van der Waals surface area contributed by atoms with E-state index in [0.717, 1.165) is 0 Å². The molecule has 2 N–H and O–H groups in total. The van der Waals surface area contributed by atoms with Gasteiger partial charge in [-0.3, -0.25) is 4.72 Å². The molecule has 0 radical (unpaired) electrons. The molecule has 6 nitrogen and oxygen atoms in total. The van der Waals surface area contributed by atoms with Crippen LogP contribution in [-0.2, 0) is 10.0 Å². The van der Waals surface area contributed by atoms with Crippen molar-refractivity contribution < 1.29 is 8.42 Å². The molecule has 20 heavy (non-hydrogen) atoms. The van der Waals surface area contributed by atoms with Crippen molar-refractivity contribution >= 4 is 33.3 Å². The Bertz CT molecular complexity index is 706. The number of hydrogen-bond donors (Lipinski definition) is 2. The van der Waals surface area contributed by atoms with Gasteiger partial charge in [-0.25, -0.2) is 18.4 Å². The zero-order valence-electron chi connectivity index (χ0n) is 10.7. The molecule has 0 fully saturated rings. The molecule has 0 amide bonds. The molecule has 0 aliphatic carbocycles. The van der Waals surface area contributed by atoms with E-state index in [0.29, 0.717) is 6.54 Å². The number of aromatic nitrogens is 2. The van der Waals surface area contributed by atoms with Crippen molar-refractivity contribution in [2.75, 3.05) is 16.6 Å². The van der Waals surface area contributed by atoms with Gasteiger partial charge < -0.3 is 5.32 Å². The average Bonchev–Trinajstić information content (AvgIpc) is 2.42. The Morgan fingerprint density at radius 3 is 2.45 bits per heavy atom. The summed E-state index contributed by atoms with van der Waals surface area (Å²) >= 11 is 5.90. The fraction of sp³-hybridized carbons (Fsp3) is 0.167. The van der Waals surface area contributed by atoms with Gasteiger partial charge in [0, 0.05) is 18.9 Å². The molecule has 2 aromatic heterocycles. The van der Waals surface area contributed by atoms with Gasteiger partial charge in [0.15, 0.2) is 5.82 Å². The monoisotopic (exact) mass is 312 g/mol. The van der Waals surface area contributed by atoms with Crippen molar-refractivity contribution in [2.24, 2.45) is 0 Å². The van der Waals surface area contributed by atoms with Crippen LogP contribution in [0.2, 0.25) is 5.02 Å². The Morgan fingerprint density at radius 1 is 1.15 bits per heavy atom. The molecule has 2 heterocycles. The first kappa shape index (κ1) is 14.5. The van der Waals surface area contributed by atoms with Gasteiger partial charge in [0.25, 0.3) is 10.0 Å². The van der Waals surface area contributed by atoms with Crippen molar-refractivity contribution in [3.8, 4) is 0 Å². The molecule has 2 rings (SSSR count). The van der Waals surface area contributed by atoms with E-state index in [-0.39, 0.29) is 21.6 Å². The highest BCUT2D eigenvalue weighted by molar-refractivity contribution is 7.92. The summed E-state index contributed by atoms with van der Waals surface area (Å²) in [4.78, 5) is 7.96. The molecular formula is C12H13ClN4O2S. The van der Waals surface area contributed by atoms with Crippen molar-refractivity contribution in [3.63, 3.8) is 0 Å². The highest BCUT2D eigenvalue weighted by Gasteiger charge is 2.20. The SMILES string of the molecule is CCNc1ncccc1S(=O)(=O)Nc1ncccc1Cl. The first-order chi connectivity index (χ1) is 9.54. The van der Waals surface area contributed by atoms with Crippen LogP contribution < -0.4 is 10.0 Å². The van der Waals surface area contributed by atoms with E-state index >= 15 is 0 Å². The van der Waals surface area contributed by atoms with E-state index in [1.54, 1.807) is 18.2 Å². The maximum absolute atomic E-state index is 12.4. The van der Waals surface area contributed by atoms with Crippen LogP contribution in [0.1, 0.15) is 6.92 Å². The first-order valence-corrected chi connectivity index (χ1v) is 7.73. The standard InChI is InChI=1S/C12H13ClN4O2S/c1-2-14-12-10(6-4-8-16-12)20(18,19)17-11-9(13)5-3-7-15-11/h3-8H,2H2,1H3,(H,14,16)(H,15,17). The Labute approximate surface area is 122 Å². The van der Waals surface area contributed by atoms with E-state index in [1.807, 2.05) is 6.92 Å². The lowest BCUT2D eigenvalue weighted by molar-refractivity contribution is 0.601. The molecule has 106 valence electrons. The molecule has 2 aromatic rings. The Morgan fingerprint density at radius 2 is 1.80 bits per heavy atom. The van der Waals surface area contributed by atoms with E-state index < -0.39 is 10.0 Å². The Balaban J connectivity index is 2.39. The third-order valence-corrected chi connectivity index (χ3v) is 4.07. The van der Waals surface area contributed by atoms with Crippen LogP contribution >= 0.6 is 11.6 Å². The van der Waals surface area contributed by atoms with Gasteiger partial charge in [-0.1, -0.05) is 11.6 Å². The average molecular weight is 313 g/mol. The predicted molar refractivity (Wildman–Crippen MR) is 78.5 cm³/mol. The van der Waals surface area contributed by atoms with Crippen molar-refractivity contribution in [3.05, 3.63) is 41.7 Å². The van der Waals surface area contributed by atoms with Gasteiger partial charge in [-0.2, -0.15) is 0 Å². The molecule has 0 aliphatic rings. The fourth-order valence-electron chi connectivity index (χ4n) is 1.55. The summed E-state index contributed by atoms with van der Waals surface area (Å²) in [6.07, 6.45) is 2.98. The first-order valence-electron chi connectivity index (χ1n) is 5.87. The van der Waals surface area contributed by atoms with E-state index in [4.69, 9.17) is 11.6 Å². The fourth-order valence-corrected chi connectivity index (χ4v) is 2.94. The third kappa shape index (κ3) is 3.17. The van der Waals surface area contributed by atoms with Crippen LogP contribution in [0, 0.1) is 0 Å². The lowest BCUT2D eigenvalue weighted by atomic mass is 10.4. The number of halogens is 1. The number of nitrogens with one attached hydrogen (secondary N) is 2. The van der Waals surface area contributed by atoms with E-state index in [2.05, 4.69) is 20.0 Å². The number of anilines is 2. The smallest absolute Gasteiger partial charge is 0.266 e. The minimum absolute atomic E-state index is 0.0450. The van der Waals surface area contributed by atoms with Crippen LogP contribution in [0.25, 0.3) is 0 Å². The highest BCUT2D eigenvalue weighted by Crippen LogP contribution is 2.24. The van der Waals surface area contributed by atoms with E-state index in [9.17, 15) is 8.42 Å². The Kier molecular flexibility index (Phi) is 4.41. The minimum Gasteiger partial charge on any atom is -0.369 e. The van der Waals surface area contributed by atoms with Crippen molar-refractivity contribution in [2.45, 2.75) is 11.8 Å². The number of nitrogens with zero attached hydrogens (tertiary/aromatic N) is 2. The summed E-state index contributed by atoms with van der Waals surface area (Å²) in [5.74, 6) is 0.370. The molecule has 0 atom stereocenters. The molecule has 0 aliphatic heterocycles. The molecule has 0 bridgehead atoms. The summed E-state index contributed by atoms with van der Waals surface area (Å²) in [5, 5.41) is 3.13. The second-order valence-electron chi connectivity index (χ2n) is 3.82. The Hall–Kier alpha value is -1.86. The maximum atomic E-state index is 12.4. The molecule has 0 spiro atoms. The minimum atomic E-state index is -3.81. The lowest BCUT2D eigenvalue weighted by Gasteiger charge is -2.12.